The third kappa shape index (κ3) is 4.98. The highest BCUT2D eigenvalue weighted by atomic mass is 16.4. The highest BCUT2D eigenvalue weighted by molar-refractivity contribution is 5.88. The molecule has 3 rings (SSSR count). The largest absolute Gasteiger partial charge is 0.481 e. The van der Waals surface area contributed by atoms with Gasteiger partial charge in [-0.2, -0.15) is 0 Å². The smallest absolute Gasteiger partial charge is 0.326 e. The van der Waals surface area contributed by atoms with E-state index in [4.69, 9.17) is 5.11 Å². The second-order valence-corrected chi connectivity index (χ2v) is 7.24. The normalized spacial score (nSPS) is 12.0. The van der Waals surface area contributed by atoms with E-state index in [1.165, 1.54) is 0 Å². The number of hydrogen-bond acceptors (Lipinski definition) is 3. The van der Waals surface area contributed by atoms with Crippen molar-refractivity contribution < 1.29 is 24.6 Å². The Labute approximate surface area is 180 Å². The van der Waals surface area contributed by atoms with Crippen molar-refractivity contribution in [2.75, 3.05) is 0 Å². The van der Waals surface area contributed by atoms with E-state index in [0.717, 1.165) is 16.7 Å². The Hall–Kier alpha value is -3.93. The minimum absolute atomic E-state index is 0.0889. The lowest BCUT2D eigenvalue weighted by Crippen LogP contribution is -2.45. The number of aliphatic carboxylic acids is 2. The summed E-state index contributed by atoms with van der Waals surface area (Å²) in [5, 5.41) is 20.7. The average Bonchev–Trinajstić information content (AvgIpc) is 2.78. The van der Waals surface area contributed by atoms with Crippen LogP contribution in [-0.4, -0.2) is 34.1 Å². The second kappa shape index (κ2) is 9.71. The average molecular weight is 417 g/mol. The molecule has 0 aliphatic rings. The highest BCUT2D eigenvalue weighted by Gasteiger charge is 2.39. The number of carboxylic acid groups (broad SMARTS) is 2. The van der Waals surface area contributed by atoms with Gasteiger partial charge in [-0.05, 0) is 16.7 Å². The summed E-state index contributed by atoms with van der Waals surface area (Å²) in [5.74, 6) is -3.24. The first kappa shape index (κ1) is 21.8. The Morgan fingerprint density at radius 1 is 0.710 bits per heavy atom. The van der Waals surface area contributed by atoms with Gasteiger partial charge in [0, 0.05) is 6.42 Å². The van der Waals surface area contributed by atoms with Gasteiger partial charge in [0.25, 0.3) is 0 Å². The number of carbonyl (C=O) groups is 3. The first-order chi connectivity index (χ1) is 14.9. The minimum atomic E-state index is -1.51. The van der Waals surface area contributed by atoms with Crippen LogP contribution in [-0.2, 0) is 19.8 Å². The number of carbonyl (C=O) groups excluding carboxylic acids is 1. The fraction of sp³-hybridized carbons (Fsp3) is 0.160. The molecule has 0 aliphatic heterocycles. The summed E-state index contributed by atoms with van der Waals surface area (Å²) < 4.78 is 0. The Morgan fingerprint density at radius 3 is 1.42 bits per heavy atom. The zero-order valence-corrected chi connectivity index (χ0v) is 16.8. The number of nitrogens with one attached hydrogen (secondary N) is 1. The third-order valence-corrected chi connectivity index (χ3v) is 5.24. The Morgan fingerprint density at radius 2 is 1.10 bits per heavy atom. The van der Waals surface area contributed by atoms with E-state index in [1.807, 2.05) is 91.0 Å². The van der Waals surface area contributed by atoms with Crippen molar-refractivity contribution in [3.05, 3.63) is 108 Å². The molecule has 0 saturated carbocycles. The van der Waals surface area contributed by atoms with Gasteiger partial charge in [-0.15, -0.1) is 0 Å². The maximum absolute atomic E-state index is 13.1. The Balaban J connectivity index is 2.11. The molecule has 3 aromatic rings. The summed E-state index contributed by atoms with van der Waals surface area (Å²) >= 11 is 0. The molecule has 1 atom stereocenters. The standard InChI is InChI=1S/C25H23NO5/c27-22(26-21(24(30)31)16-23(28)29)17-25(18-10-4-1-5-11-18,19-12-6-2-7-13-19)20-14-8-3-9-15-20/h1-15,21H,16-17H2,(H,26,27)(H,28,29)(H,30,31)/t21-/m0/s1. The summed E-state index contributed by atoms with van der Waals surface area (Å²) in [5.41, 5.74) is 1.72. The number of benzene rings is 3. The fourth-order valence-corrected chi connectivity index (χ4v) is 3.84. The van der Waals surface area contributed by atoms with Crippen LogP contribution in [0.3, 0.4) is 0 Å². The molecule has 0 fully saturated rings. The molecule has 1 amide bonds. The number of hydrogen-bond donors (Lipinski definition) is 3. The van der Waals surface area contributed by atoms with Crippen LogP contribution < -0.4 is 5.32 Å². The summed E-state index contributed by atoms with van der Waals surface area (Å²) in [6.45, 7) is 0. The van der Waals surface area contributed by atoms with Gasteiger partial charge in [0.2, 0.25) is 5.91 Å². The van der Waals surface area contributed by atoms with Crippen LogP contribution in [0.4, 0.5) is 0 Å². The van der Waals surface area contributed by atoms with Gasteiger partial charge >= 0.3 is 11.9 Å². The fourth-order valence-electron chi connectivity index (χ4n) is 3.84. The Kier molecular flexibility index (Phi) is 6.82. The third-order valence-electron chi connectivity index (χ3n) is 5.24. The van der Waals surface area contributed by atoms with Crippen LogP contribution >= 0.6 is 0 Å². The lowest BCUT2D eigenvalue weighted by molar-refractivity contribution is -0.147. The maximum atomic E-state index is 13.1. The molecule has 0 spiro atoms. The van der Waals surface area contributed by atoms with E-state index in [1.54, 1.807) is 0 Å². The van der Waals surface area contributed by atoms with E-state index < -0.39 is 35.7 Å². The van der Waals surface area contributed by atoms with Gasteiger partial charge in [-0.1, -0.05) is 91.0 Å². The molecule has 31 heavy (non-hydrogen) atoms. The maximum Gasteiger partial charge on any atom is 0.326 e. The van der Waals surface area contributed by atoms with Gasteiger partial charge in [-0.3, -0.25) is 9.59 Å². The molecule has 158 valence electrons. The molecule has 0 aliphatic carbocycles. The first-order valence-corrected chi connectivity index (χ1v) is 9.84. The first-order valence-electron chi connectivity index (χ1n) is 9.84. The van der Waals surface area contributed by atoms with Crippen LogP contribution in [0.5, 0.6) is 0 Å². The zero-order valence-electron chi connectivity index (χ0n) is 16.8. The van der Waals surface area contributed by atoms with Crippen LogP contribution in [0, 0.1) is 0 Å². The van der Waals surface area contributed by atoms with Gasteiger partial charge < -0.3 is 15.5 Å². The van der Waals surface area contributed by atoms with Gasteiger partial charge in [-0.25, -0.2) is 4.79 Å². The molecule has 0 bridgehead atoms. The molecule has 0 unspecified atom stereocenters. The van der Waals surface area contributed by atoms with E-state index in [-0.39, 0.29) is 6.42 Å². The molecule has 6 nitrogen and oxygen atoms in total. The Bertz CT molecular complexity index is 939. The zero-order chi connectivity index (χ0) is 22.3. The summed E-state index contributed by atoms with van der Waals surface area (Å²) in [6.07, 6.45) is -0.787. The molecule has 3 N–H and O–H groups in total. The van der Waals surface area contributed by atoms with Crippen molar-refractivity contribution in [1.82, 2.24) is 5.32 Å². The van der Waals surface area contributed by atoms with Crippen molar-refractivity contribution >= 4 is 17.8 Å². The lowest BCUT2D eigenvalue weighted by Gasteiger charge is -2.36. The molecule has 6 heteroatoms. The van der Waals surface area contributed by atoms with Gasteiger partial charge in [0.05, 0.1) is 11.8 Å². The predicted octanol–water partition coefficient (Wildman–Crippen LogP) is 3.46. The summed E-state index contributed by atoms with van der Waals surface area (Å²) in [6, 6.07) is 27.1. The van der Waals surface area contributed by atoms with Crippen molar-refractivity contribution in [1.29, 1.82) is 0 Å². The molecule has 3 aromatic carbocycles. The van der Waals surface area contributed by atoms with Crippen molar-refractivity contribution in [2.24, 2.45) is 0 Å². The van der Waals surface area contributed by atoms with Crippen molar-refractivity contribution in [3.8, 4) is 0 Å². The van der Waals surface area contributed by atoms with Crippen molar-refractivity contribution in [3.63, 3.8) is 0 Å². The van der Waals surface area contributed by atoms with E-state index >= 15 is 0 Å². The van der Waals surface area contributed by atoms with E-state index in [0.29, 0.717) is 0 Å². The van der Waals surface area contributed by atoms with Crippen LogP contribution in [0.25, 0.3) is 0 Å². The predicted molar refractivity (Wildman–Crippen MR) is 116 cm³/mol. The van der Waals surface area contributed by atoms with Crippen LogP contribution in [0.15, 0.2) is 91.0 Å². The van der Waals surface area contributed by atoms with Crippen molar-refractivity contribution in [2.45, 2.75) is 24.3 Å². The van der Waals surface area contributed by atoms with E-state index in [9.17, 15) is 19.5 Å². The minimum Gasteiger partial charge on any atom is -0.481 e. The number of rotatable bonds is 9. The molecular formula is C25H23NO5. The second-order valence-electron chi connectivity index (χ2n) is 7.24. The molecule has 0 aromatic heterocycles. The quantitative estimate of drug-likeness (QED) is 0.463. The molecule has 0 heterocycles. The number of amides is 1. The van der Waals surface area contributed by atoms with Gasteiger partial charge in [0.15, 0.2) is 0 Å². The van der Waals surface area contributed by atoms with E-state index in [2.05, 4.69) is 5.32 Å². The SMILES string of the molecule is O=C(O)C[C@H](NC(=O)CC(c1ccccc1)(c1ccccc1)c1ccccc1)C(=O)O. The molecular weight excluding hydrogens is 394 g/mol. The number of carboxylic acids is 2. The summed E-state index contributed by atoms with van der Waals surface area (Å²) in [7, 11) is 0. The molecule has 0 saturated heterocycles. The topological polar surface area (TPSA) is 104 Å². The summed E-state index contributed by atoms with van der Waals surface area (Å²) in [4.78, 5) is 35.6. The van der Waals surface area contributed by atoms with Crippen LogP contribution in [0.1, 0.15) is 29.5 Å². The monoisotopic (exact) mass is 417 g/mol. The van der Waals surface area contributed by atoms with Gasteiger partial charge in [0.1, 0.15) is 6.04 Å². The lowest BCUT2D eigenvalue weighted by atomic mass is 9.67. The highest BCUT2D eigenvalue weighted by Crippen LogP contribution is 2.42. The molecule has 0 radical (unpaired) electrons. The van der Waals surface area contributed by atoms with Crippen LogP contribution in [0.2, 0.25) is 0 Å².